The van der Waals surface area contributed by atoms with Gasteiger partial charge >= 0.3 is 6.16 Å². The van der Waals surface area contributed by atoms with Crippen molar-refractivity contribution in [1.82, 2.24) is 0 Å². The average Bonchev–Trinajstić information content (AvgIpc) is 2.97. The van der Waals surface area contributed by atoms with Crippen LogP contribution in [-0.2, 0) is 4.74 Å². The lowest BCUT2D eigenvalue weighted by molar-refractivity contribution is 0.0914. The van der Waals surface area contributed by atoms with E-state index in [-0.39, 0.29) is 17.7 Å². The second-order valence-electron chi connectivity index (χ2n) is 4.84. The van der Waals surface area contributed by atoms with E-state index in [0.717, 1.165) is 12.8 Å². The maximum atomic E-state index is 11.6. The quantitative estimate of drug-likeness (QED) is 0.438. The number of rotatable bonds is 6. The van der Waals surface area contributed by atoms with Gasteiger partial charge in [-0.25, -0.2) is 4.79 Å². The Balaban J connectivity index is 1.78. The van der Waals surface area contributed by atoms with Gasteiger partial charge in [0.15, 0.2) is 0 Å². The second kappa shape index (κ2) is 6.83. The maximum absolute atomic E-state index is 11.6. The molecule has 0 heterocycles. The zero-order chi connectivity index (χ0) is 15.1. The summed E-state index contributed by atoms with van der Waals surface area (Å²) in [5.74, 6) is 0.318. The number of nitrogens with zero attached hydrogens (tertiary/aromatic N) is 1. The van der Waals surface area contributed by atoms with Crippen molar-refractivity contribution in [2.24, 2.45) is 10.6 Å². The van der Waals surface area contributed by atoms with E-state index in [1.165, 1.54) is 24.3 Å². The first kappa shape index (κ1) is 15.0. The van der Waals surface area contributed by atoms with Gasteiger partial charge in [0.1, 0.15) is 11.4 Å². The van der Waals surface area contributed by atoms with Gasteiger partial charge in [-0.3, -0.25) is 0 Å². The molecule has 0 bridgehead atoms. The summed E-state index contributed by atoms with van der Waals surface area (Å²) < 4.78 is 10.1. The van der Waals surface area contributed by atoms with Crippen LogP contribution in [0.2, 0.25) is 0 Å². The van der Waals surface area contributed by atoms with E-state index < -0.39 is 6.16 Å². The topological polar surface area (TPSA) is 65.0 Å². The molecule has 0 amide bonds. The number of ether oxygens (including phenoxy) is 2. The number of hydrogen-bond donors (Lipinski definition) is 0. The van der Waals surface area contributed by atoms with Gasteiger partial charge in [-0.1, -0.05) is 31.2 Å². The fourth-order valence-electron chi connectivity index (χ4n) is 2.15. The highest BCUT2D eigenvalue weighted by atomic mass is 16.7. The van der Waals surface area contributed by atoms with E-state index in [2.05, 4.69) is 24.3 Å². The maximum Gasteiger partial charge on any atom is 0.513 e. The van der Waals surface area contributed by atoms with Crippen molar-refractivity contribution >= 4 is 11.8 Å². The monoisotopic (exact) mass is 287 g/mol. The second-order valence-corrected chi connectivity index (χ2v) is 4.84. The molecule has 0 spiro atoms. The Morgan fingerprint density at radius 2 is 1.86 bits per heavy atom. The molecule has 0 N–H and O–H groups in total. The predicted octanol–water partition coefficient (Wildman–Crippen LogP) is 4.51. The minimum Gasteiger partial charge on any atom is -0.434 e. The molecule has 2 rings (SSSR count). The largest absolute Gasteiger partial charge is 0.513 e. The van der Waals surface area contributed by atoms with E-state index in [1.807, 2.05) is 12.2 Å². The molecule has 0 saturated carbocycles. The van der Waals surface area contributed by atoms with Crippen LogP contribution in [-0.4, -0.2) is 12.8 Å². The van der Waals surface area contributed by atoms with Gasteiger partial charge in [0.25, 0.3) is 0 Å². The Bertz CT molecular complexity index is 548. The molecule has 1 aromatic carbocycles. The van der Waals surface area contributed by atoms with Crippen LogP contribution >= 0.6 is 0 Å². The van der Waals surface area contributed by atoms with Crippen LogP contribution in [0.15, 0.2) is 53.7 Å². The standard InChI is InChI=1S/C16H17NO4/c1-2-16(9-3-4-10-16)11-12-20-15(18)21-14-7-5-13(17-19)6-8-14/h3-10H,2,11-12H2,1H3. The lowest BCUT2D eigenvalue weighted by Crippen LogP contribution is -2.18. The van der Waals surface area contributed by atoms with E-state index in [9.17, 15) is 9.70 Å². The minimum atomic E-state index is -0.751. The predicted molar refractivity (Wildman–Crippen MR) is 79.5 cm³/mol. The Morgan fingerprint density at radius 3 is 2.43 bits per heavy atom. The first-order valence-electron chi connectivity index (χ1n) is 6.82. The SMILES string of the molecule is CCC1(CCOC(=O)Oc2ccc(N=O)cc2)C=CC=C1. The molecule has 21 heavy (non-hydrogen) atoms. The van der Waals surface area contributed by atoms with Gasteiger partial charge < -0.3 is 9.47 Å². The van der Waals surface area contributed by atoms with Gasteiger partial charge in [0.05, 0.1) is 6.61 Å². The lowest BCUT2D eigenvalue weighted by Gasteiger charge is -2.22. The summed E-state index contributed by atoms with van der Waals surface area (Å²) >= 11 is 0. The molecule has 0 radical (unpaired) electrons. The van der Waals surface area contributed by atoms with Crippen LogP contribution in [0.1, 0.15) is 19.8 Å². The Morgan fingerprint density at radius 1 is 1.19 bits per heavy atom. The highest BCUT2D eigenvalue weighted by molar-refractivity contribution is 5.64. The number of carbonyl (C=O) groups is 1. The van der Waals surface area contributed by atoms with Crippen LogP contribution in [0.3, 0.4) is 0 Å². The van der Waals surface area contributed by atoms with E-state index in [4.69, 9.17) is 9.47 Å². The van der Waals surface area contributed by atoms with Crippen molar-refractivity contribution in [2.75, 3.05) is 6.61 Å². The number of hydrogen-bond acceptors (Lipinski definition) is 5. The molecule has 0 unspecified atom stereocenters. The molecule has 0 aliphatic heterocycles. The molecule has 0 saturated heterocycles. The number of carbonyl (C=O) groups excluding carboxylic acids is 1. The summed E-state index contributed by atoms with van der Waals surface area (Å²) in [7, 11) is 0. The summed E-state index contributed by atoms with van der Waals surface area (Å²) in [6.07, 6.45) is 9.17. The zero-order valence-corrected chi connectivity index (χ0v) is 11.8. The third-order valence-electron chi connectivity index (χ3n) is 3.56. The van der Waals surface area contributed by atoms with Crippen molar-refractivity contribution in [1.29, 1.82) is 0 Å². The fourth-order valence-corrected chi connectivity index (χ4v) is 2.15. The lowest BCUT2D eigenvalue weighted by atomic mass is 9.84. The molecule has 0 aromatic heterocycles. The number of allylic oxidation sites excluding steroid dienone is 4. The molecule has 1 aliphatic rings. The Hall–Kier alpha value is -2.43. The zero-order valence-electron chi connectivity index (χ0n) is 11.8. The normalized spacial score (nSPS) is 14.9. The van der Waals surface area contributed by atoms with E-state index >= 15 is 0 Å². The summed E-state index contributed by atoms with van der Waals surface area (Å²) in [6.45, 7) is 2.39. The van der Waals surface area contributed by atoms with Gasteiger partial charge in [-0.05, 0) is 42.3 Å². The van der Waals surface area contributed by atoms with Crippen molar-refractivity contribution in [3.63, 3.8) is 0 Å². The van der Waals surface area contributed by atoms with E-state index in [1.54, 1.807) is 0 Å². The first-order chi connectivity index (χ1) is 10.2. The summed E-state index contributed by atoms with van der Waals surface area (Å²) in [5, 5.41) is 2.77. The van der Waals surface area contributed by atoms with E-state index in [0.29, 0.717) is 5.75 Å². The Labute approximate surface area is 123 Å². The minimum absolute atomic E-state index is 0.0163. The molecular weight excluding hydrogens is 270 g/mol. The third-order valence-corrected chi connectivity index (χ3v) is 3.56. The molecule has 1 aromatic rings. The van der Waals surface area contributed by atoms with Crippen LogP contribution < -0.4 is 4.74 Å². The highest BCUT2D eigenvalue weighted by Crippen LogP contribution is 2.33. The van der Waals surface area contributed by atoms with Gasteiger partial charge in [0.2, 0.25) is 0 Å². The summed E-state index contributed by atoms with van der Waals surface area (Å²) in [6, 6.07) is 5.92. The molecule has 5 heteroatoms. The fraction of sp³-hybridized carbons (Fsp3) is 0.312. The summed E-state index contributed by atoms with van der Waals surface area (Å²) in [5.41, 5.74) is 0.262. The van der Waals surface area contributed by atoms with Crippen molar-refractivity contribution < 1.29 is 14.3 Å². The van der Waals surface area contributed by atoms with Gasteiger partial charge in [-0.15, -0.1) is 4.91 Å². The molecule has 0 atom stereocenters. The number of nitroso groups, excluding NO2 is 1. The molecular formula is C16H17NO4. The van der Waals surface area contributed by atoms with Crippen LogP contribution in [0.4, 0.5) is 10.5 Å². The molecule has 1 aliphatic carbocycles. The molecule has 110 valence electrons. The first-order valence-corrected chi connectivity index (χ1v) is 6.82. The van der Waals surface area contributed by atoms with Crippen LogP contribution in [0.25, 0.3) is 0 Å². The number of benzene rings is 1. The van der Waals surface area contributed by atoms with Gasteiger partial charge in [0, 0.05) is 5.41 Å². The smallest absolute Gasteiger partial charge is 0.434 e. The molecule has 5 nitrogen and oxygen atoms in total. The molecule has 0 fully saturated rings. The van der Waals surface area contributed by atoms with Gasteiger partial charge in [-0.2, -0.15) is 0 Å². The Kier molecular flexibility index (Phi) is 4.87. The van der Waals surface area contributed by atoms with Crippen LogP contribution in [0.5, 0.6) is 5.75 Å². The average molecular weight is 287 g/mol. The highest BCUT2D eigenvalue weighted by Gasteiger charge is 2.24. The van der Waals surface area contributed by atoms with Crippen molar-refractivity contribution in [3.05, 3.63) is 53.5 Å². The van der Waals surface area contributed by atoms with Crippen molar-refractivity contribution in [3.8, 4) is 5.75 Å². The third kappa shape index (κ3) is 4.02. The van der Waals surface area contributed by atoms with Crippen molar-refractivity contribution in [2.45, 2.75) is 19.8 Å². The summed E-state index contributed by atoms with van der Waals surface area (Å²) in [4.78, 5) is 21.8. The van der Waals surface area contributed by atoms with Crippen LogP contribution in [0, 0.1) is 10.3 Å².